The SMILES string of the molecule is Cc1c(C(=O)NCCC2=CCCCC2)oc2ccc3c(c12)C(=O)CC1(CCC(C)CC1)O3. The molecule has 5 nitrogen and oxygen atoms in total. The van der Waals surface area contributed by atoms with Gasteiger partial charge in [0, 0.05) is 17.5 Å². The van der Waals surface area contributed by atoms with E-state index in [0.717, 1.165) is 55.9 Å². The lowest BCUT2D eigenvalue weighted by atomic mass is 9.74. The Morgan fingerprint density at radius 2 is 2.03 bits per heavy atom. The van der Waals surface area contributed by atoms with E-state index in [1.807, 2.05) is 19.1 Å². The molecule has 5 rings (SSSR count). The van der Waals surface area contributed by atoms with E-state index in [2.05, 4.69) is 18.3 Å². The number of fused-ring (bicyclic) bond motifs is 3. The highest BCUT2D eigenvalue weighted by molar-refractivity contribution is 6.13. The van der Waals surface area contributed by atoms with Crippen molar-refractivity contribution in [2.45, 2.75) is 83.7 Å². The van der Waals surface area contributed by atoms with Crippen LogP contribution in [-0.2, 0) is 0 Å². The van der Waals surface area contributed by atoms with Crippen molar-refractivity contribution in [3.63, 3.8) is 0 Å². The zero-order valence-corrected chi connectivity index (χ0v) is 19.2. The van der Waals surface area contributed by atoms with Gasteiger partial charge < -0.3 is 14.5 Å². The first-order valence-electron chi connectivity index (χ1n) is 12.2. The minimum absolute atomic E-state index is 0.103. The number of aryl methyl sites for hydroxylation is 1. The summed E-state index contributed by atoms with van der Waals surface area (Å²) in [6.07, 6.45) is 12.4. The molecule has 0 saturated heterocycles. The van der Waals surface area contributed by atoms with Crippen molar-refractivity contribution in [1.82, 2.24) is 5.32 Å². The molecule has 5 heteroatoms. The van der Waals surface area contributed by atoms with Crippen LogP contribution in [0.4, 0.5) is 0 Å². The van der Waals surface area contributed by atoms with E-state index in [1.54, 1.807) is 0 Å². The molecule has 1 amide bonds. The average molecular weight is 436 g/mol. The molecule has 2 aliphatic carbocycles. The summed E-state index contributed by atoms with van der Waals surface area (Å²) in [5.41, 5.74) is 2.94. The zero-order chi connectivity index (χ0) is 22.3. The van der Waals surface area contributed by atoms with Gasteiger partial charge in [0.25, 0.3) is 5.91 Å². The van der Waals surface area contributed by atoms with E-state index in [4.69, 9.17) is 9.15 Å². The van der Waals surface area contributed by atoms with Gasteiger partial charge in [0.05, 0.1) is 12.0 Å². The number of Topliss-reactive ketones (excluding diaryl/α,β-unsaturated/α-hetero) is 1. The van der Waals surface area contributed by atoms with E-state index >= 15 is 0 Å². The summed E-state index contributed by atoms with van der Waals surface area (Å²) in [4.78, 5) is 26.2. The molecule has 1 aromatic heterocycles. The van der Waals surface area contributed by atoms with Crippen LogP contribution in [0, 0.1) is 12.8 Å². The number of ketones is 1. The number of furan rings is 1. The van der Waals surface area contributed by atoms with Crippen molar-refractivity contribution in [3.8, 4) is 5.75 Å². The molecule has 2 aromatic rings. The van der Waals surface area contributed by atoms with Gasteiger partial charge in [-0.2, -0.15) is 0 Å². The molecule has 2 heterocycles. The molecule has 1 aliphatic heterocycles. The predicted octanol–water partition coefficient (Wildman–Crippen LogP) is 6.28. The fraction of sp³-hybridized carbons (Fsp3) is 0.556. The van der Waals surface area contributed by atoms with Gasteiger partial charge in [-0.05, 0) is 82.8 Å². The first-order valence-corrected chi connectivity index (χ1v) is 12.2. The van der Waals surface area contributed by atoms with E-state index < -0.39 is 0 Å². The van der Waals surface area contributed by atoms with E-state index in [-0.39, 0.29) is 17.3 Å². The third-order valence-corrected chi connectivity index (χ3v) is 7.65. The number of amides is 1. The van der Waals surface area contributed by atoms with Crippen molar-refractivity contribution in [1.29, 1.82) is 0 Å². The first kappa shape index (κ1) is 21.3. The predicted molar refractivity (Wildman–Crippen MR) is 124 cm³/mol. The Morgan fingerprint density at radius 3 is 2.78 bits per heavy atom. The van der Waals surface area contributed by atoms with Gasteiger partial charge in [-0.15, -0.1) is 0 Å². The van der Waals surface area contributed by atoms with Crippen molar-refractivity contribution in [3.05, 3.63) is 40.7 Å². The number of nitrogens with one attached hydrogen (secondary N) is 1. The van der Waals surface area contributed by atoms with Crippen LogP contribution in [0.1, 0.15) is 97.6 Å². The highest BCUT2D eigenvalue weighted by Gasteiger charge is 2.43. The highest BCUT2D eigenvalue weighted by Crippen LogP contribution is 2.46. The number of hydrogen-bond donors (Lipinski definition) is 1. The van der Waals surface area contributed by atoms with Crippen LogP contribution in [0.15, 0.2) is 28.2 Å². The van der Waals surface area contributed by atoms with Crippen LogP contribution in [0.3, 0.4) is 0 Å². The Labute approximate surface area is 189 Å². The van der Waals surface area contributed by atoms with Gasteiger partial charge in [0.1, 0.15) is 16.9 Å². The summed E-state index contributed by atoms with van der Waals surface area (Å²) in [5.74, 6) is 1.51. The normalized spacial score (nSPS) is 25.4. The summed E-state index contributed by atoms with van der Waals surface area (Å²) in [7, 11) is 0. The second-order valence-corrected chi connectivity index (χ2v) is 10.0. The Kier molecular flexibility index (Phi) is 5.60. The van der Waals surface area contributed by atoms with Crippen LogP contribution in [0.2, 0.25) is 0 Å². The quantitative estimate of drug-likeness (QED) is 0.574. The third kappa shape index (κ3) is 3.87. The smallest absolute Gasteiger partial charge is 0.287 e. The molecule has 0 radical (unpaired) electrons. The minimum Gasteiger partial charge on any atom is -0.486 e. The van der Waals surface area contributed by atoms with E-state index in [1.165, 1.54) is 18.4 Å². The summed E-state index contributed by atoms with van der Waals surface area (Å²) >= 11 is 0. The summed E-state index contributed by atoms with van der Waals surface area (Å²) in [6, 6.07) is 3.68. The molecule has 0 atom stereocenters. The highest BCUT2D eigenvalue weighted by atomic mass is 16.5. The van der Waals surface area contributed by atoms with E-state index in [9.17, 15) is 9.59 Å². The lowest BCUT2D eigenvalue weighted by Gasteiger charge is -2.42. The number of ether oxygens (including phenoxy) is 1. The molecule has 1 N–H and O–H groups in total. The largest absolute Gasteiger partial charge is 0.486 e. The maximum absolute atomic E-state index is 13.3. The minimum atomic E-state index is -0.365. The molecule has 0 bridgehead atoms. The lowest BCUT2D eigenvalue weighted by Crippen LogP contribution is -2.44. The molecular formula is C27H33NO4. The number of rotatable bonds is 4. The lowest BCUT2D eigenvalue weighted by molar-refractivity contribution is 0.00430. The Morgan fingerprint density at radius 1 is 1.22 bits per heavy atom. The van der Waals surface area contributed by atoms with Crippen molar-refractivity contribution in [2.24, 2.45) is 5.92 Å². The monoisotopic (exact) mass is 435 g/mol. The van der Waals surface area contributed by atoms with Crippen LogP contribution < -0.4 is 10.1 Å². The molecule has 3 aliphatic rings. The summed E-state index contributed by atoms with van der Waals surface area (Å²) in [6.45, 7) is 4.73. The number of carbonyl (C=O) groups is 2. The van der Waals surface area contributed by atoms with Gasteiger partial charge in [-0.25, -0.2) is 0 Å². The van der Waals surface area contributed by atoms with Gasteiger partial charge >= 0.3 is 0 Å². The second kappa shape index (κ2) is 8.42. The maximum atomic E-state index is 13.3. The number of carbonyl (C=O) groups excluding carboxylic acids is 2. The topological polar surface area (TPSA) is 68.5 Å². The second-order valence-electron chi connectivity index (χ2n) is 10.0. The molecule has 1 aromatic carbocycles. The van der Waals surface area contributed by atoms with Crippen LogP contribution in [0.25, 0.3) is 11.0 Å². The molecule has 0 unspecified atom stereocenters. The molecule has 1 saturated carbocycles. The van der Waals surface area contributed by atoms with Crippen molar-refractivity contribution < 1.29 is 18.7 Å². The van der Waals surface area contributed by atoms with Gasteiger partial charge in [0.2, 0.25) is 0 Å². The number of allylic oxidation sites excluding steroid dienone is 1. The third-order valence-electron chi connectivity index (χ3n) is 7.65. The molecular weight excluding hydrogens is 402 g/mol. The zero-order valence-electron chi connectivity index (χ0n) is 19.2. The standard InChI is InChI=1S/C27H33NO4/c1-17-10-13-27(14-11-17)16-20(29)24-22(32-27)9-8-21-23(24)18(2)25(31-21)26(30)28-15-12-19-6-4-3-5-7-19/h6,8-9,17H,3-5,7,10-16H2,1-2H3,(H,28,30). The molecule has 1 spiro atoms. The fourth-order valence-corrected chi connectivity index (χ4v) is 5.67. The molecule has 170 valence electrons. The van der Waals surface area contributed by atoms with Crippen LogP contribution in [0.5, 0.6) is 5.75 Å². The van der Waals surface area contributed by atoms with Crippen LogP contribution in [-0.4, -0.2) is 23.8 Å². The van der Waals surface area contributed by atoms with Crippen molar-refractivity contribution in [2.75, 3.05) is 6.54 Å². The average Bonchev–Trinajstić information content (AvgIpc) is 3.13. The Balaban J connectivity index is 1.38. The number of benzene rings is 1. The van der Waals surface area contributed by atoms with Gasteiger partial charge in [0.15, 0.2) is 11.5 Å². The molecule has 32 heavy (non-hydrogen) atoms. The van der Waals surface area contributed by atoms with Gasteiger partial charge in [-0.1, -0.05) is 18.6 Å². The maximum Gasteiger partial charge on any atom is 0.287 e. The van der Waals surface area contributed by atoms with Crippen LogP contribution >= 0.6 is 0 Å². The van der Waals surface area contributed by atoms with Gasteiger partial charge in [-0.3, -0.25) is 9.59 Å². The van der Waals surface area contributed by atoms with Crippen molar-refractivity contribution >= 4 is 22.7 Å². The molecule has 1 fully saturated rings. The Bertz CT molecular complexity index is 1080. The number of hydrogen-bond acceptors (Lipinski definition) is 4. The summed E-state index contributed by atoms with van der Waals surface area (Å²) < 4.78 is 12.4. The fourth-order valence-electron chi connectivity index (χ4n) is 5.67. The van der Waals surface area contributed by atoms with E-state index in [0.29, 0.717) is 41.5 Å². The first-order chi connectivity index (χ1) is 15.5. The summed E-state index contributed by atoms with van der Waals surface area (Å²) in [5, 5.41) is 3.73. The Hall–Kier alpha value is -2.56.